The lowest BCUT2D eigenvalue weighted by Crippen LogP contribution is -2.53. The topological polar surface area (TPSA) is 58.4 Å². The Hall–Kier alpha value is -1.39. The first kappa shape index (κ1) is 19.9. The highest BCUT2D eigenvalue weighted by molar-refractivity contribution is 5.85. The molecule has 0 radical (unpaired) electrons. The van der Waals surface area contributed by atoms with Gasteiger partial charge in [-0.3, -0.25) is 4.79 Å². The summed E-state index contributed by atoms with van der Waals surface area (Å²) in [7, 11) is 0. The molecule has 3 N–H and O–H groups in total. The first-order chi connectivity index (χ1) is 11.9. The van der Waals surface area contributed by atoms with Crippen molar-refractivity contribution < 1.29 is 4.79 Å². The number of carbonyl (C=O) groups is 1. The summed E-state index contributed by atoms with van der Waals surface area (Å²) in [5.41, 5.74) is 6.82. The van der Waals surface area contributed by atoms with Crippen LogP contribution < -0.4 is 11.1 Å². The van der Waals surface area contributed by atoms with Gasteiger partial charge in [-0.15, -0.1) is 0 Å². The molecule has 25 heavy (non-hydrogen) atoms. The van der Waals surface area contributed by atoms with E-state index in [2.05, 4.69) is 54.4 Å². The Morgan fingerprint density at radius 3 is 2.52 bits per heavy atom. The van der Waals surface area contributed by atoms with E-state index in [9.17, 15) is 4.79 Å². The first-order valence-corrected chi connectivity index (χ1v) is 9.70. The third kappa shape index (κ3) is 6.79. The molecule has 1 fully saturated rings. The quantitative estimate of drug-likeness (QED) is 0.762. The molecular formula is C21H35N3O. The molecule has 1 aromatic carbocycles. The fraction of sp³-hybridized carbons (Fsp3) is 0.667. The van der Waals surface area contributed by atoms with Crippen molar-refractivity contribution in [1.82, 2.24) is 10.2 Å². The van der Waals surface area contributed by atoms with E-state index in [1.807, 2.05) is 6.92 Å². The summed E-state index contributed by atoms with van der Waals surface area (Å²) in [6, 6.07) is 10.7. The summed E-state index contributed by atoms with van der Waals surface area (Å²) in [4.78, 5) is 14.9. The number of likely N-dealkylation sites (tertiary alicyclic amines) is 1. The van der Waals surface area contributed by atoms with E-state index in [4.69, 9.17) is 5.73 Å². The van der Waals surface area contributed by atoms with Crippen molar-refractivity contribution in [2.75, 3.05) is 26.2 Å². The fourth-order valence-electron chi connectivity index (χ4n) is 3.73. The van der Waals surface area contributed by atoms with Crippen molar-refractivity contribution in [3.63, 3.8) is 0 Å². The number of amides is 1. The molecule has 1 amide bonds. The molecule has 0 aliphatic carbocycles. The molecule has 4 nitrogen and oxygen atoms in total. The predicted octanol–water partition coefficient (Wildman–Crippen LogP) is 2.82. The number of carbonyl (C=O) groups excluding carboxylic acids is 1. The van der Waals surface area contributed by atoms with Gasteiger partial charge < -0.3 is 16.0 Å². The molecule has 4 heteroatoms. The highest BCUT2D eigenvalue weighted by Crippen LogP contribution is 2.18. The number of rotatable bonds is 8. The molecular weight excluding hydrogens is 310 g/mol. The lowest BCUT2D eigenvalue weighted by atomic mass is 9.90. The van der Waals surface area contributed by atoms with Gasteiger partial charge in [-0.25, -0.2) is 0 Å². The van der Waals surface area contributed by atoms with Gasteiger partial charge in [0.2, 0.25) is 5.91 Å². The van der Waals surface area contributed by atoms with Crippen molar-refractivity contribution in [2.45, 2.75) is 52.0 Å². The summed E-state index contributed by atoms with van der Waals surface area (Å²) >= 11 is 0. The van der Waals surface area contributed by atoms with Crippen molar-refractivity contribution >= 4 is 5.91 Å². The second kappa shape index (κ2) is 9.35. The zero-order chi connectivity index (χ0) is 18.3. The van der Waals surface area contributed by atoms with Crippen LogP contribution in [0.5, 0.6) is 0 Å². The van der Waals surface area contributed by atoms with E-state index in [0.29, 0.717) is 11.8 Å². The lowest BCUT2D eigenvalue weighted by Gasteiger charge is -2.33. The van der Waals surface area contributed by atoms with Crippen LogP contribution in [-0.2, 0) is 11.2 Å². The molecule has 140 valence electrons. The minimum absolute atomic E-state index is 0.00675. The number of piperidine rings is 1. The van der Waals surface area contributed by atoms with Crippen LogP contribution in [0.15, 0.2) is 30.3 Å². The Kier molecular flexibility index (Phi) is 7.45. The highest BCUT2D eigenvalue weighted by Gasteiger charge is 2.29. The van der Waals surface area contributed by atoms with E-state index in [1.54, 1.807) is 0 Å². The molecule has 1 aromatic rings. The Morgan fingerprint density at radius 2 is 1.92 bits per heavy atom. The number of nitrogens with zero attached hydrogens (tertiary/aromatic N) is 1. The Balaban J connectivity index is 1.66. The van der Waals surface area contributed by atoms with Crippen molar-refractivity contribution in [2.24, 2.45) is 17.6 Å². The van der Waals surface area contributed by atoms with Crippen LogP contribution in [0.25, 0.3) is 0 Å². The van der Waals surface area contributed by atoms with E-state index in [-0.39, 0.29) is 5.91 Å². The molecule has 0 bridgehead atoms. The Morgan fingerprint density at radius 1 is 1.28 bits per heavy atom. The predicted molar refractivity (Wildman–Crippen MR) is 104 cm³/mol. The summed E-state index contributed by atoms with van der Waals surface area (Å²) in [5, 5.41) is 3.09. The van der Waals surface area contributed by atoms with Gasteiger partial charge in [0.05, 0.1) is 5.54 Å². The van der Waals surface area contributed by atoms with Crippen molar-refractivity contribution in [1.29, 1.82) is 0 Å². The molecule has 1 aliphatic rings. The van der Waals surface area contributed by atoms with Crippen LogP contribution in [0.4, 0.5) is 0 Å². The summed E-state index contributed by atoms with van der Waals surface area (Å²) in [5.74, 6) is 0.994. The minimum atomic E-state index is -0.759. The second-order valence-corrected chi connectivity index (χ2v) is 8.25. The number of nitrogens with one attached hydrogen (secondary N) is 1. The van der Waals surface area contributed by atoms with Gasteiger partial charge in [0.1, 0.15) is 0 Å². The van der Waals surface area contributed by atoms with Gasteiger partial charge in [0.15, 0.2) is 0 Å². The van der Waals surface area contributed by atoms with Crippen molar-refractivity contribution in [3.8, 4) is 0 Å². The monoisotopic (exact) mass is 345 g/mol. The zero-order valence-electron chi connectivity index (χ0n) is 16.1. The molecule has 0 spiro atoms. The largest absolute Gasteiger partial charge is 0.354 e. The van der Waals surface area contributed by atoms with Gasteiger partial charge in [0, 0.05) is 13.1 Å². The molecule has 1 atom stereocenters. The number of hydrogen-bond acceptors (Lipinski definition) is 3. The summed E-state index contributed by atoms with van der Waals surface area (Å²) in [6.45, 7) is 10.2. The molecule has 1 unspecified atom stereocenters. The smallest absolute Gasteiger partial charge is 0.239 e. The molecule has 1 heterocycles. The third-order valence-corrected chi connectivity index (χ3v) is 5.17. The van der Waals surface area contributed by atoms with E-state index in [1.165, 1.54) is 5.56 Å². The van der Waals surface area contributed by atoms with Crippen LogP contribution in [0.3, 0.4) is 0 Å². The van der Waals surface area contributed by atoms with Crippen LogP contribution in [0.1, 0.15) is 45.6 Å². The van der Waals surface area contributed by atoms with Gasteiger partial charge in [0.25, 0.3) is 0 Å². The Labute approximate surface area is 153 Å². The highest BCUT2D eigenvalue weighted by atomic mass is 16.2. The Bertz CT molecular complexity index is 519. The molecule has 0 aromatic heterocycles. The molecule has 1 aliphatic heterocycles. The second-order valence-electron chi connectivity index (χ2n) is 8.25. The van der Waals surface area contributed by atoms with Crippen LogP contribution in [-0.4, -0.2) is 42.5 Å². The van der Waals surface area contributed by atoms with Crippen LogP contribution >= 0.6 is 0 Å². The fourth-order valence-corrected chi connectivity index (χ4v) is 3.73. The first-order valence-electron chi connectivity index (χ1n) is 9.70. The average Bonchev–Trinajstić information content (AvgIpc) is 2.58. The average molecular weight is 346 g/mol. The number of hydrogen-bond donors (Lipinski definition) is 2. The zero-order valence-corrected chi connectivity index (χ0v) is 16.1. The van der Waals surface area contributed by atoms with E-state index < -0.39 is 5.54 Å². The number of nitrogens with two attached hydrogens (primary N) is 1. The van der Waals surface area contributed by atoms with Gasteiger partial charge >= 0.3 is 0 Å². The lowest BCUT2D eigenvalue weighted by molar-refractivity contribution is -0.126. The third-order valence-electron chi connectivity index (χ3n) is 5.17. The van der Waals surface area contributed by atoms with Gasteiger partial charge in [-0.05, 0) is 63.1 Å². The maximum atomic E-state index is 12.3. The van der Waals surface area contributed by atoms with Crippen LogP contribution in [0, 0.1) is 11.8 Å². The maximum absolute atomic E-state index is 12.3. The summed E-state index contributed by atoms with van der Waals surface area (Å²) < 4.78 is 0. The van der Waals surface area contributed by atoms with E-state index in [0.717, 1.165) is 51.9 Å². The normalized spacial score (nSPS) is 18.9. The van der Waals surface area contributed by atoms with Crippen LogP contribution in [0.2, 0.25) is 0 Å². The molecule has 1 saturated heterocycles. The molecule has 2 rings (SSSR count). The SMILES string of the molecule is CC(C)CC(C)(N)C(=O)NCC1CCN(CCc2ccccc2)CC1. The molecule has 0 saturated carbocycles. The summed E-state index contributed by atoms with van der Waals surface area (Å²) in [6.07, 6.45) is 4.14. The number of benzene rings is 1. The minimum Gasteiger partial charge on any atom is -0.354 e. The van der Waals surface area contributed by atoms with Gasteiger partial charge in [-0.2, -0.15) is 0 Å². The standard InChI is InChI=1S/C21H35N3O/c1-17(2)15-21(3,22)20(25)23-16-19-10-13-24(14-11-19)12-9-18-7-5-4-6-8-18/h4-8,17,19H,9-16,22H2,1-3H3,(H,23,25). The van der Waals surface area contributed by atoms with Gasteiger partial charge in [-0.1, -0.05) is 44.2 Å². The maximum Gasteiger partial charge on any atom is 0.239 e. The van der Waals surface area contributed by atoms with Crippen molar-refractivity contribution in [3.05, 3.63) is 35.9 Å². The van der Waals surface area contributed by atoms with E-state index >= 15 is 0 Å².